The van der Waals surface area contributed by atoms with Gasteiger partial charge in [0.2, 0.25) is 0 Å². The normalized spacial score (nSPS) is 19.2. The molecular weight excluding hydrogens is 308 g/mol. The smallest absolute Gasteiger partial charge is 0.187 e. The zero-order valence-electron chi connectivity index (χ0n) is 13.3. The van der Waals surface area contributed by atoms with Crippen molar-refractivity contribution in [1.29, 1.82) is 0 Å². The molecule has 0 saturated carbocycles. The van der Waals surface area contributed by atoms with Gasteiger partial charge in [-0.15, -0.1) is 0 Å². The van der Waals surface area contributed by atoms with Crippen molar-refractivity contribution in [3.8, 4) is 0 Å². The molecule has 0 bridgehead atoms. The van der Waals surface area contributed by atoms with E-state index in [1.807, 2.05) is 11.9 Å². The second-order valence-electron chi connectivity index (χ2n) is 5.88. The van der Waals surface area contributed by atoms with Crippen molar-refractivity contribution in [1.82, 2.24) is 4.90 Å². The third kappa shape index (κ3) is 3.49. The van der Waals surface area contributed by atoms with Crippen LogP contribution in [0.1, 0.15) is 11.1 Å². The summed E-state index contributed by atoms with van der Waals surface area (Å²) in [5.41, 5.74) is 1.75. The van der Waals surface area contributed by atoms with Gasteiger partial charge in [-0.05, 0) is 31.3 Å². The quantitative estimate of drug-likeness (QED) is 0.779. The molecule has 0 radical (unpaired) electrons. The summed E-state index contributed by atoms with van der Waals surface area (Å²) in [4.78, 5) is 14.6. The number of piperidine rings is 1. The molecular formula is C20H17F2NO. The summed E-state index contributed by atoms with van der Waals surface area (Å²) in [5.74, 6) is -0.907. The second-order valence-corrected chi connectivity index (χ2v) is 5.88. The van der Waals surface area contributed by atoms with Crippen LogP contribution in [-0.4, -0.2) is 30.8 Å². The van der Waals surface area contributed by atoms with Gasteiger partial charge >= 0.3 is 0 Å². The van der Waals surface area contributed by atoms with E-state index >= 15 is 0 Å². The van der Waals surface area contributed by atoms with Crippen LogP contribution in [0, 0.1) is 11.6 Å². The zero-order chi connectivity index (χ0) is 17.1. The molecule has 1 heterocycles. The minimum absolute atomic E-state index is 0.167. The Morgan fingerprint density at radius 3 is 1.67 bits per heavy atom. The van der Waals surface area contributed by atoms with Crippen molar-refractivity contribution in [3.05, 3.63) is 82.4 Å². The van der Waals surface area contributed by atoms with E-state index in [1.165, 1.54) is 12.1 Å². The fourth-order valence-corrected chi connectivity index (χ4v) is 2.77. The number of likely N-dealkylation sites (tertiary alicyclic amines) is 1. The number of ketones is 1. The van der Waals surface area contributed by atoms with Gasteiger partial charge in [-0.1, -0.05) is 36.4 Å². The highest BCUT2D eigenvalue weighted by Crippen LogP contribution is 2.22. The van der Waals surface area contributed by atoms with Crippen LogP contribution in [0.3, 0.4) is 0 Å². The first-order valence-corrected chi connectivity index (χ1v) is 7.68. The van der Waals surface area contributed by atoms with E-state index < -0.39 is 0 Å². The highest BCUT2D eigenvalue weighted by molar-refractivity contribution is 6.14. The molecule has 122 valence electrons. The fourth-order valence-electron chi connectivity index (χ4n) is 2.77. The maximum absolute atomic E-state index is 13.8. The van der Waals surface area contributed by atoms with Gasteiger partial charge in [-0.2, -0.15) is 0 Å². The highest BCUT2D eigenvalue weighted by atomic mass is 19.1. The van der Waals surface area contributed by atoms with Crippen LogP contribution in [0.2, 0.25) is 0 Å². The number of halogens is 2. The molecule has 1 aliphatic heterocycles. The highest BCUT2D eigenvalue weighted by Gasteiger charge is 2.24. The number of nitrogens with zero attached hydrogens (tertiary/aromatic N) is 1. The molecule has 2 aromatic rings. The molecule has 0 spiro atoms. The molecule has 0 N–H and O–H groups in total. The lowest BCUT2D eigenvalue weighted by molar-refractivity contribution is -0.113. The second kappa shape index (κ2) is 6.89. The van der Waals surface area contributed by atoms with Crippen LogP contribution in [0.4, 0.5) is 8.78 Å². The van der Waals surface area contributed by atoms with Crippen molar-refractivity contribution < 1.29 is 13.6 Å². The Hall–Kier alpha value is -2.59. The number of carbonyl (C=O) groups excluding carboxylic acids is 1. The molecule has 2 nitrogen and oxygen atoms in total. The molecule has 0 aliphatic carbocycles. The summed E-state index contributed by atoms with van der Waals surface area (Å²) >= 11 is 0. The number of Topliss-reactive ketones (excluding diaryl/α,β-unsaturated/α-hetero) is 1. The summed E-state index contributed by atoms with van der Waals surface area (Å²) in [7, 11) is 1.87. The average Bonchev–Trinajstić information content (AvgIpc) is 2.56. The first-order chi connectivity index (χ1) is 11.5. The van der Waals surface area contributed by atoms with Crippen LogP contribution in [-0.2, 0) is 4.79 Å². The monoisotopic (exact) mass is 325 g/mol. The zero-order valence-corrected chi connectivity index (χ0v) is 13.3. The Morgan fingerprint density at radius 2 is 1.25 bits per heavy atom. The van der Waals surface area contributed by atoms with Crippen molar-refractivity contribution >= 4 is 17.9 Å². The minimum atomic E-state index is -0.370. The van der Waals surface area contributed by atoms with Crippen molar-refractivity contribution in [2.24, 2.45) is 0 Å². The van der Waals surface area contributed by atoms with Crippen LogP contribution in [0.5, 0.6) is 0 Å². The van der Waals surface area contributed by atoms with E-state index in [-0.39, 0.29) is 17.4 Å². The van der Waals surface area contributed by atoms with Crippen LogP contribution < -0.4 is 0 Å². The number of carbonyl (C=O) groups is 1. The Balaban J connectivity index is 1.98. The van der Waals surface area contributed by atoms with Crippen molar-refractivity contribution in [3.63, 3.8) is 0 Å². The van der Waals surface area contributed by atoms with E-state index in [1.54, 1.807) is 48.6 Å². The predicted molar refractivity (Wildman–Crippen MR) is 91.3 cm³/mol. The minimum Gasteiger partial charge on any atom is -0.298 e. The van der Waals surface area contributed by atoms with E-state index in [0.29, 0.717) is 35.4 Å². The number of likely N-dealkylation sites (N-methyl/N-ethyl adjacent to an activating group) is 1. The number of hydrogen-bond donors (Lipinski definition) is 0. The number of benzene rings is 2. The lowest BCUT2D eigenvalue weighted by Gasteiger charge is -2.26. The van der Waals surface area contributed by atoms with Gasteiger partial charge in [0.05, 0.1) is 0 Å². The molecule has 2 aromatic carbocycles. The Labute approximate surface area is 139 Å². The summed E-state index contributed by atoms with van der Waals surface area (Å²) in [6.07, 6.45) is 3.14. The van der Waals surface area contributed by atoms with Gasteiger partial charge in [0.25, 0.3) is 0 Å². The molecule has 24 heavy (non-hydrogen) atoms. The number of hydrogen-bond acceptors (Lipinski definition) is 2. The number of rotatable bonds is 2. The average molecular weight is 325 g/mol. The van der Waals surface area contributed by atoms with E-state index in [0.717, 1.165) is 0 Å². The third-order valence-electron chi connectivity index (χ3n) is 3.93. The third-order valence-corrected chi connectivity index (χ3v) is 3.93. The van der Waals surface area contributed by atoms with Crippen LogP contribution in [0.25, 0.3) is 12.2 Å². The molecule has 1 fully saturated rings. The summed E-state index contributed by atoms with van der Waals surface area (Å²) in [6.45, 7) is 0.865. The van der Waals surface area contributed by atoms with Gasteiger partial charge in [-0.3, -0.25) is 9.69 Å². The van der Waals surface area contributed by atoms with E-state index in [2.05, 4.69) is 0 Å². The SMILES string of the molecule is CN1C/C(=C\c2ccccc2F)C(=O)/C(=C/c2ccccc2F)C1. The maximum atomic E-state index is 13.8. The van der Waals surface area contributed by atoms with Crippen molar-refractivity contribution in [2.45, 2.75) is 0 Å². The standard InChI is InChI=1S/C20H17F2NO/c1-23-12-16(10-14-6-2-4-8-18(14)21)20(24)17(13-23)11-15-7-3-5-9-19(15)22/h2-11H,12-13H2,1H3/b16-10+,17-11+. The molecule has 1 aliphatic rings. The van der Waals surface area contributed by atoms with E-state index in [4.69, 9.17) is 0 Å². The fraction of sp³-hybridized carbons (Fsp3) is 0.150. The topological polar surface area (TPSA) is 20.3 Å². The summed E-state index contributed by atoms with van der Waals surface area (Å²) in [6, 6.07) is 12.6. The molecule has 0 aromatic heterocycles. The van der Waals surface area contributed by atoms with Gasteiger partial charge in [0, 0.05) is 35.4 Å². The largest absolute Gasteiger partial charge is 0.298 e. The molecule has 0 unspecified atom stereocenters. The van der Waals surface area contributed by atoms with Gasteiger partial charge in [-0.25, -0.2) is 8.78 Å². The molecule has 0 atom stereocenters. The maximum Gasteiger partial charge on any atom is 0.187 e. The van der Waals surface area contributed by atoms with Gasteiger partial charge in [0.1, 0.15) is 11.6 Å². The molecule has 0 amide bonds. The predicted octanol–water partition coefficient (Wildman–Crippen LogP) is 3.95. The van der Waals surface area contributed by atoms with Crippen LogP contribution in [0.15, 0.2) is 59.7 Å². The lowest BCUT2D eigenvalue weighted by Crippen LogP contribution is -2.34. The van der Waals surface area contributed by atoms with Gasteiger partial charge < -0.3 is 0 Å². The van der Waals surface area contributed by atoms with Crippen molar-refractivity contribution in [2.75, 3.05) is 20.1 Å². The molecule has 4 heteroatoms. The Morgan fingerprint density at radius 1 is 0.833 bits per heavy atom. The molecule has 3 rings (SSSR count). The Bertz CT molecular complexity index is 772. The lowest BCUT2D eigenvalue weighted by atomic mass is 9.94. The van der Waals surface area contributed by atoms with Gasteiger partial charge in [0.15, 0.2) is 5.78 Å². The first kappa shape index (κ1) is 16.3. The van der Waals surface area contributed by atoms with E-state index in [9.17, 15) is 13.6 Å². The van der Waals surface area contributed by atoms with Crippen LogP contribution >= 0.6 is 0 Å². The Kier molecular flexibility index (Phi) is 4.67. The summed E-state index contributed by atoms with van der Waals surface area (Å²) in [5, 5.41) is 0. The molecule has 1 saturated heterocycles. The summed E-state index contributed by atoms with van der Waals surface area (Å²) < 4.78 is 27.7. The first-order valence-electron chi connectivity index (χ1n) is 7.68.